The molecular weight excluding hydrogens is 291 g/mol. The predicted molar refractivity (Wildman–Crippen MR) is 64.2 cm³/mol. The van der Waals surface area contributed by atoms with Gasteiger partial charge in [-0.15, -0.1) is 0 Å². The van der Waals surface area contributed by atoms with Gasteiger partial charge in [-0.05, 0) is 27.5 Å². The molecule has 16 heavy (non-hydrogen) atoms. The van der Waals surface area contributed by atoms with Crippen LogP contribution >= 0.6 is 27.5 Å². The topological polar surface area (TPSA) is 43.0 Å². The molecule has 1 aromatic carbocycles. The number of aromatic nitrogens is 3. The van der Waals surface area contributed by atoms with Crippen LogP contribution in [-0.2, 0) is 0 Å². The van der Waals surface area contributed by atoms with E-state index in [1.165, 1.54) is 0 Å². The highest BCUT2D eigenvalue weighted by atomic mass is 79.9. The highest BCUT2D eigenvalue weighted by Crippen LogP contribution is 2.21. The van der Waals surface area contributed by atoms with Crippen LogP contribution in [0.15, 0.2) is 29.0 Å². The van der Waals surface area contributed by atoms with E-state index in [4.69, 9.17) is 18.2 Å². The Kier molecular flexibility index (Phi) is 3.13. The summed E-state index contributed by atoms with van der Waals surface area (Å²) in [6, 6.07) is 6.94. The molecule has 0 aliphatic carbocycles. The third-order valence-electron chi connectivity index (χ3n) is 1.84. The molecule has 78 valence electrons. The summed E-state index contributed by atoms with van der Waals surface area (Å²) in [7, 11) is 0. The summed E-state index contributed by atoms with van der Waals surface area (Å²) in [5.41, 5.74) is 1.36. The van der Waals surface area contributed by atoms with Crippen molar-refractivity contribution in [1.29, 1.82) is 0 Å². The SMILES string of the molecule is [C-]#[N+]c1ccc(-c2nc(Cl)nc(Br)n2)cc1. The number of hydrogen-bond acceptors (Lipinski definition) is 3. The molecule has 0 aliphatic heterocycles. The van der Waals surface area contributed by atoms with E-state index in [9.17, 15) is 0 Å². The maximum absolute atomic E-state index is 6.84. The van der Waals surface area contributed by atoms with Crippen LogP contribution in [0.2, 0.25) is 5.28 Å². The van der Waals surface area contributed by atoms with Gasteiger partial charge >= 0.3 is 0 Å². The van der Waals surface area contributed by atoms with Crippen molar-refractivity contribution in [2.75, 3.05) is 0 Å². The van der Waals surface area contributed by atoms with E-state index in [2.05, 4.69) is 35.7 Å². The van der Waals surface area contributed by atoms with Crippen LogP contribution in [0, 0.1) is 6.57 Å². The van der Waals surface area contributed by atoms with Crippen LogP contribution in [-0.4, -0.2) is 15.0 Å². The van der Waals surface area contributed by atoms with Crippen molar-refractivity contribution in [1.82, 2.24) is 15.0 Å². The van der Waals surface area contributed by atoms with Gasteiger partial charge in [0.25, 0.3) is 0 Å². The monoisotopic (exact) mass is 294 g/mol. The summed E-state index contributed by atoms with van der Waals surface area (Å²) >= 11 is 8.86. The van der Waals surface area contributed by atoms with Crippen LogP contribution in [0.3, 0.4) is 0 Å². The minimum absolute atomic E-state index is 0.131. The fourth-order valence-corrected chi connectivity index (χ4v) is 1.74. The van der Waals surface area contributed by atoms with E-state index in [1.807, 2.05) is 0 Å². The summed E-state index contributed by atoms with van der Waals surface area (Å²) in [5, 5.41) is 0.131. The first-order valence-corrected chi connectivity index (χ1v) is 5.41. The maximum Gasteiger partial charge on any atom is 0.226 e. The van der Waals surface area contributed by atoms with E-state index in [-0.39, 0.29) is 5.28 Å². The van der Waals surface area contributed by atoms with Crippen molar-refractivity contribution in [3.8, 4) is 11.4 Å². The van der Waals surface area contributed by atoms with Gasteiger partial charge in [-0.3, -0.25) is 0 Å². The Morgan fingerprint density at radius 2 is 1.81 bits per heavy atom. The largest absolute Gasteiger partial charge is 0.238 e. The first-order valence-electron chi connectivity index (χ1n) is 4.24. The second-order valence-corrected chi connectivity index (χ2v) is 3.90. The fraction of sp³-hybridized carbons (Fsp3) is 0. The Labute approximate surface area is 105 Å². The molecule has 4 nitrogen and oxygen atoms in total. The lowest BCUT2D eigenvalue weighted by Gasteiger charge is -2.00. The van der Waals surface area contributed by atoms with Crippen molar-refractivity contribution in [2.45, 2.75) is 0 Å². The zero-order valence-electron chi connectivity index (χ0n) is 7.85. The number of halogens is 2. The van der Waals surface area contributed by atoms with Gasteiger partial charge in [0.2, 0.25) is 10.0 Å². The maximum atomic E-state index is 6.84. The van der Waals surface area contributed by atoms with E-state index in [0.717, 1.165) is 5.56 Å². The first kappa shape index (κ1) is 11.0. The smallest absolute Gasteiger partial charge is 0.226 e. The molecule has 0 radical (unpaired) electrons. The van der Waals surface area contributed by atoms with Crippen LogP contribution in [0.4, 0.5) is 5.69 Å². The van der Waals surface area contributed by atoms with Gasteiger partial charge in [-0.25, -0.2) is 9.83 Å². The van der Waals surface area contributed by atoms with E-state index in [1.54, 1.807) is 24.3 Å². The van der Waals surface area contributed by atoms with Crippen molar-refractivity contribution >= 4 is 33.2 Å². The Morgan fingerprint density at radius 3 is 2.38 bits per heavy atom. The van der Waals surface area contributed by atoms with Crippen LogP contribution in [0.25, 0.3) is 16.2 Å². The molecule has 0 saturated heterocycles. The molecule has 2 rings (SSSR count). The molecular formula is C10H4BrClN4. The Bertz CT molecular complexity index is 542. The molecule has 1 aromatic heterocycles. The van der Waals surface area contributed by atoms with Gasteiger partial charge in [0.05, 0.1) is 6.57 Å². The Balaban J connectivity index is 2.47. The second kappa shape index (κ2) is 4.56. The van der Waals surface area contributed by atoms with Gasteiger partial charge in [0.15, 0.2) is 11.5 Å². The molecule has 0 spiro atoms. The molecule has 0 bridgehead atoms. The minimum atomic E-state index is 0.131. The van der Waals surface area contributed by atoms with Crippen LogP contribution in [0.5, 0.6) is 0 Å². The van der Waals surface area contributed by atoms with Gasteiger partial charge in [0, 0.05) is 5.56 Å². The molecule has 0 N–H and O–H groups in total. The third kappa shape index (κ3) is 2.35. The van der Waals surface area contributed by atoms with Crippen molar-refractivity contribution in [3.63, 3.8) is 0 Å². The summed E-state index contributed by atoms with van der Waals surface area (Å²) in [6.07, 6.45) is 0. The van der Waals surface area contributed by atoms with Crippen LogP contribution < -0.4 is 0 Å². The summed E-state index contributed by atoms with van der Waals surface area (Å²) < 4.78 is 0.386. The molecule has 2 aromatic rings. The molecule has 0 aliphatic rings. The molecule has 0 atom stereocenters. The molecule has 0 saturated carbocycles. The average molecular weight is 296 g/mol. The van der Waals surface area contributed by atoms with Crippen molar-refractivity contribution < 1.29 is 0 Å². The summed E-state index contributed by atoms with van der Waals surface area (Å²) in [5.74, 6) is 0.475. The molecule has 1 heterocycles. The number of benzene rings is 1. The summed E-state index contributed by atoms with van der Waals surface area (Å²) in [6.45, 7) is 6.84. The highest BCUT2D eigenvalue weighted by molar-refractivity contribution is 9.10. The molecule has 6 heteroatoms. The second-order valence-electron chi connectivity index (χ2n) is 2.86. The van der Waals surface area contributed by atoms with Crippen molar-refractivity contribution in [2.24, 2.45) is 0 Å². The normalized spacial score (nSPS) is 9.81. The lowest BCUT2D eigenvalue weighted by atomic mass is 10.2. The van der Waals surface area contributed by atoms with Gasteiger partial charge in [-0.1, -0.05) is 24.3 Å². The van der Waals surface area contributed by atoms with Crippen molar-refractivity contribution in [3.05, 3.63) is 45.7 Å². The van der Waals surface area contributed by atoms with E-state index < -0.39 is 0 Å². The predicted octanol–water partition coefficient (Wildman–Crippen LogP) is 3.51. The van der Waals surface area contributed by atoms with Gasteiger partial charge in [0.1, 0.15) is 0 Å². The summed E-state index contributed by atoms with van der Waals surface area (Å²) in [4.78, 5) is 15.2. The molecule has 0 fully saturated rings. The van der Waals surface area contributed by atoms with Gasteiger partial charge in [-0.2, -0.15) is 9.97 Å². The fourth-order valence-electron chi connectivity index (χ4n) is 1.14. The number of hydrogen-bond donors (Lipinski definition) is 0. The van der Waals surface area contributed by atoms with E-state index in [0.29, 0.717) is 16.2 Å². The zero-order chi connectivity index (χ0) is 11.5. The van der Waals surface area contributed by atoms with Gasteiger partial charge < -0.3 is 0 Å². The average Bonchev–Trinajstić information content (AvgIpc) is 2.28. The van der Waals surface area contributed by atoms with E-state index >= 15 is 0 Å². The first-order chi connectivity index (χ1) is 7.69. The quantitative estimate of drug-likeness (QED) is 0.756. The van der Waals surface area contributed by atoms with Crippen LogP contribution in [0.1, 0.15) is 0 Å². The molecule has 0 unspecified atom stereocenters. The Hall–Kier alpha value is -1.51. The molecule has 0 amide bonds. The number of rotatable bonds is 1. The zero-order valence-corrected chi connectivity index (χ0v) is 10.2. The standard InChI is InChI=1S/C10H4BrClN4/c1-13-7-4-2-6(3-5-7)8-14-9(11)16-10(12)15-8/h2-5H. The lowest BCUT2D eigenvalue weighted by Crippen LogP contribution is -1.93. The Morgan fingerprint density at radius 1 is 1.12 bits per heavy atom. The highest BCUT2D eigenvalue weighted by Gasteiger charge is 2.05. The third-order valence-corrected chi connectivity index (χ3v) is 2.36. The lowest BCUT2D eigenvalue weighted by molar-refractivity contribution is 1.02. The minimum Gasteiger partial charge on any atom is -0.238 e. The number of nitrogens with zero attached hydrogens (tertiary/aromatic N) is 4.